The number of carbonyl (C=O) groups is 1. The molecule has 1 fully saturated rings. The van der Waals surface area contributed by atoms with Gasteiger partial charge >= 0.3 is 158 Å². The molecule has 0 unspecified atom stereocenters. The third kappa shape index (κ3) is 3.63. The van der Waals surface area contributed by atoms with E-state index in [-0.39, 0.29) is 26.4 Å². The van der Waals surface area contributed by atoms with Crippen molar-refractivity contribution in [3.63, 3.8) is 0 Å². The van der Waals surface area contributed by atoms with E-state index in [0.29, 0.717) is 0 Å². The molecule has 2 aromatic heterocycles. The van der Waals surface area contributed by atoms with Gasteiger partial charge in [-0.05, 0) is 0 Å². The van der Waals surface area contributed by atoms with Crippen LogP contribution in [-0.2, 0) is 16.1 Å². The van der Waals surface area contributed by atoms with Crippen molar-refractivity contribution in [2.24, 2.45) is 5.92 Å². The fraction of sp³-hybridized carbons (Fsp3) is 0.250. The van der Waals surface area contributed by atoms with Crippen LogP contribution in [-0.4, -0.2) is 55.5 Å². The summed E-state index contributed by atoms with van der Waals surface area (Å²) in [7, 11) is 1.45. The maximum atomic E-state index is 11.4. The molecule has 0 radical (unpaired) electrons. The van der Waals surface area contributed by atoms with Gasteiger partial charge in [-0.1, -0.05) is 0 Å². The molecule has 0 N–H and O–H groups in total. The number of esters is 1. The second kappa shape index (κ2) is 7.54. The standard InChI is InChI=1S/C20H19N3O2Se/c1-25-20(24)16-12-23(13-16)11-14-5-7-15(8-6-14)18-10-22-19(26-18)17-4-2-3-9-21-17/h2-10,16H,11-13H2,1H3. The van der Waals surface area contributed by atoms with Crippen LogP contribution in [0.25, 0.3) is 20.3 Å². The Balaban J connectivity index is 1.39. The van der Waals surface area contributed by atoms with E-state index in [0.717, 1.165) is 29.9 Å². The Morgan fingerprint density at radius 3 is 2.69 bits per heavy atom. The summed E-state index contributed by atoms with van der Waals surface area (Å²) in [6, 6.07) is 14.6. The SMILES string of the molecule is COC(=O)C1CN(Cc2ccc(-c3cnc(-c4ccccn4)[se]3)cc2)C1. The number of carbonyl (C=O) groups excluding carboxylic acids is 1. The van der Waals surface area contributed by atoms with Gasteiger partial charge in [0, 0.05) is 0 Å². The van der Waals surface area contributed by atoms with Crippen LogP contribution in [0.3, 0.4) is 0 Å². The second-order valence-electron chi connectivity index (χ2n) is 6.36. The summed E-state index contributed by atoms with van der Waals surface area (Å²) in [4.78, 5) is 22.7. The first-order valence-electron chi connectivity index (χ1n) is 8.49. The average Bonchev–Trinajstić information content (AvgIpc) is 3.15. The van der Waals surface area contributed by atoms with Crippen molar-refractivity contribution in [2.75, 3.05) is 20.2 Å². The number of likely N-dealkylation sites (tertiary alicyclic amines) is 1. The third-order valence-corrected chi connectivity index (χ3v) is 6.77. The summed E-state index contributed by atoms with van der Waals surface area (Å²) in [5.74, 6) is -0.0662. The van der Waals surface area contributed by atoms with Crippen LogP contribution in [0, 0.1) is 5.92 Å². The number of methoxy groups -OCH3 is 1. The first kappa shape index (κ1) is 17.2. The molecule has 26 heavy (non-hydrogen) atoms. The number of hydrogen-bond acceptors (Lipinski definition) is 5. The Morgan fingerprint density at radius 2 is 2.00 bits per heavy atom. The number of hydrogen-bond donors (Lipinski definition) is 0. The van der Waals surface area contributed by atoms with E-state index in [1.54, 1.807) is 6.20 Å². The van der Waals surface area contributed by atoms with Gasteiger partial charge in [-0.15, -0.1) is 0 Å². The van der Waals surface area contributed by atoms with Crippen LogP contribution in [0.15, 0.2) is 54.9 Å². The Labute approximate surface area is 158 Å². The molecule has 1 aliphatic rings. The molecule has 3 heterocycles. The normalized spacial score (nSPS) is 14.8. The minimum absolute atomic E-state index is 0.0350. The monoisotopic (exact) mass is 413 g/mol. The van der Waals surface area contributed by atoms with Crippen LogP contribution in [0.5, 0.6) is 0 Å². The fourth-order valence-corrected chi connectivity index (χ4v) is 4.95. The van der Waals surface area contributed by atoms with Gasteiger partial charge in [0.15, 0.2) is 0 Å². The molecule has 0 bridgehead atoms. The molecule has 5 nitrogen and oxygen atoms in total. The molecule has 0 atom stereocenters. The van der Waals surface area contributed by atoms with Crippen LogP contribution < -0.4 is 0 Å². The van der Waals surface area contributed by atoms with Gasteiger partial charge in [0.25, 0.3) is 0 Å². The third-order valence-electron chi connectivity index (χ3n) is 4.53. The Morgan fingerprint density at radius 1 is 1.19 bits per heavy atom. The molecule has 0 spiro atoms. The summed E-state index contributed by atoms with van der Waals surface area (Å²) in [5.41, 5.74) is 3.45. The molecule has 3 aromatic rings. The van der Waals surface area contributed by atoms with Crippen molar-refractivity contribution >= 4 is 20.5 Å². The molecule has 0 amide bonds. The van der Waals surface area contributed by atoms with Gasteiger partial charge in [0.2, 0.25) is 0 Å². The maximum absolute atomic E-state index is 11.4. The van der Waals surface area contributed by atoms with Gasteiger partial charge < -0.3 is 0 Å². The molecule has 4 rings (SSSR count). The van der Waals surface area contributed by atoms with Gasteiger partial charge in [0.1, 0.15) is 0 Å². The molecule has 1 aromatic carbocycles. The van der Waals surface area contributed by atoms with E-state index in [9.17, 15) is 4.79 Å². The van der Waals surface area contributed by atoms with Crippen LogP contribution in [0.2, 0.25) is 0 Å². The molecule has 0 aliphatic carbocycles. The van der Waals surface area contributed by atoms with Crippen LogP contribution in [0.4, 0.5) is 0 Å². The first-order chi connectivity index (χ1) is 12.7. The van der Waals surface area contributed by atoms with E-state index >= 15 is 0 Å². The number of pyridine rings is 1. The Bertz CT molecular complexity index is 887. The van der Waals surface area contributed by atoms with Crippen molar-refractivity contribution in [1.82, 2.24) is 14.9 Å². The van der Waals surface area contributed by atoms with E-state index in [4.69, 9.17) is 4.74 Å². The summed E-state index contributed by atoms with van der Waals surface area (Å²) < 4.78 is 7.13. The van der Waals surface area contributed by atoms with Gasteiger partial charge in [-0.3, -0.25) is 0 Å². The molecule has 1 aliphatic heterocycles. The summed E-state index contributed by atoms with van der Waals surface area (Å²) in [6.45, 7) is 2.43. The zero-order valence-corrected chi connectivity index (χ0v) is 16.2. The number of rotatable bonds is 5. The number of ether oxygens (including phenoxy) is 1. The summed E-state index contributed by atoms with van der Waals surface area (Å²) in [6.07, 6.45) is 3.77. The Kier molecular flexibility index (Phi) is 4.98. The van der Waals surface area contributed by atoms with Gasteiger partial charge in [0.05, 0.1) is 0 Å². The van der Waals surface area contributed by atoms with Gasteiger partial charge in [-0.25, -0.2) is 0 Å². The van der Waals surface area contributed by atoms with E-state index in [1.165, 1.54) is 22.7 Å². The van der Waals surface area contributed by atoms with Crippen LogP contribution in [0.1, 0.15) is 5.56 Å². The quantitative estimate of drug-likeness (QED) is 0.476. The van der Waals surface area contributed by atoms with Crippen molar-refractivity contribution in [2.45, 2.75) is 6.54 Å². The molecular formula is C20H19N3O2Se. The van der Waals surface area contributed by atoms with Crippen molar-refractivity contribution in [1.29, 1.82) is 0 Å². The van der Waals surface area contributed by atoms with Crippen molar-refractivity contribution < 1.29 is 9.53 Å². The van der Waals surface area contributed by atoms with E-state index < -0.39 is 0 Å². The average molecular weight is 412 g/mol. The van der Waals surface area contributed by atoms with Crippen LogP contribution >= 0.6 is 0 Å². The number of nitrogens with zero attached hydrogens (tertiary/aromatic N) is 3. The molecular weight excluding hydrogens is 393 g/mol. The topological polar surface area (TPSA) is 55.3 Å². The second-order valence-corrected chi connectivity index (χ2v) is 8.52. The molecule has 6 heteroatoms. The first-order valence-corrected chi connectivity index (χ1v) is 10.2. The van der Waals surface area contributed by atoms with E-state index in [2.05, 4.69) is 39.1 Å². The van der Waals surface area contributed by atoms with Gasteiger partial charge in [-0.2, -0.15) is 0 Å². The van der Waals surface area contributed by atoms with Crippen molar-refractivity contribution in [3.8, 4) is 20.3 Å². The predicted molar refractivity (Wildman–Crippen MR) is 101 cm³/mol. The molecule has 1 saturated heterocycles. The fourth-order valence-electron chi connectivity index (χ4n) is 3.06. The minimum atomic E-state index is -0.101. The Hall–Kier alpha value is -2.27. The number of benzene rings is 1. The summed E-state index contributed by atoms with van der Waals surface area (Å²) >= 11 is 0.182. The predicted octanol–water partition coefficient (Wildman–Crippen LogP) is 2.47. The van der Waals surface area contributed by atoms with E-state index in [1.807, 2.05) is 24.4 Å². The van der Waals surface area contributed by atoms with Crippen molar-refractivity contribution in [3.05, 3.63) is 60.4 Å². The summed E-state index contributed by atoms with van der Waals surface area (Å²) in [5, 5.41) is 0. The zero-order valence-electron chi connectivity index (χ0n) is 14.5. The molecule has 0 saturated carbocycles. The zero-order chi connectivity index (χ0) is 17.9. The number of aromatic nitrogens is 2. The molecule has 132 valence electrons.